The Hall–Kier alpha value is -0.620. The molecule has 6 heteroatoms. The van der Waals surface area contributed by atoms with Gasteiger partial charge in [-0.1, -0.05) is 6.92 Å². The first-order valence-electron chi connectivity index (χ1n) is 8.12. The normalized spacial score (nSPS) is 37.7. The molecule has 0 bridgehead atoms. The lowest BCUT2D eigenvalue weighted by atomic mass is 9.82. The molecule has 2 saturated heterocycles. The third-order valence-corrected chi connectivity index (χ3v) is 6.87. The van der Waals surface area contributed by atoms with Crippen molar-refractivity contribution in [1.29, 1.82) is 0 Å². The lowest BCUT2D eigenvalue weighted by Gasteiger charge is -2.32. The fourth-order valence-corrected chi connectivity index (χ4v) is 5.09. The maximum Gasteiger partial charge on any atom is 0.225 e. The molecule has 0 aromatic heterocycles. The predicted octanol–water partition coefficient (Wildman–Crippen LogP) is 1.31. The van der Waals surface area contributed by atoms with Gasteiger partial charge < -0.3 is 4.90 Å². The van der Waals surface area contributed by atoms with Gasteiger partial charge in [-0.05, 0) is 43.9 Å². The van der Waals surface area contributed by atoms with Crippen LogP contribution in [0, 0.1) is 17.8 Å². The number of sulfonamides is 1. The molecular formula is C15H26N2O3S. The Morgan fingerprint density at radius 2 is 1.71 bits per heavy atom. The van der Waals surface area contributed by atoms with Crippen molar-refractivity contribution in [1.82, 2.24) is 9.21 Å². The summed E-state index contributed by atoms with van der Waals surface area (Å²) >= 11 is 0. The average molecular weight is 314 g/mol. The van der Waals surface area contributed by atoms with Gasteiger partial charge in [-0.15, -0.1) is 0 Å². The highest BCUT2D eigenvalue weighted by Gasteiger charge is 2.46. The Morgan fingerprint density at radius 3 is 2.33 bits per heavy atom. The first-order valence-corrected chi connectivity index (χ1v) is 9.96. The fraction of sp³-hybridized carbons (Fsp3) is 0.933. The summed E-state index contributed by atoms with van der Waals surface area (Å²) in [7, 11) is -3.13. The summed E-state index contributed by atoms with van der Waals surface area (Å²) in [6, 6.07) is 0.117. The molecule has 2 heterocycles. The Labute approximate surface area is 127 Å². The highest BCUT2D eigenvalue weighted by Crippen LogP contribution is 2.36. The van der Waals surface area contributed by atoms with Crippen molar-refractivity contribution >= 4 is 15.9 Å². The number of amides is 1. The molecule has 0 spiro atoms. The van der Waals surface area contributed by atoms with Gasteiger partial charge in [-0.3, -0.25) is 4.79 Å². The largest absolute Gasteiger partial charge is 0.338 e. The topological polar surface area (TPSA) is 57.7 Å². The maximum absolute atomic E-state index is 12.8. The van der Waals surface area contributed by atoms with E-state index in [1.54, 1.807) is 4.31 Å². The summed E-state index contributed by atoms with van der Waals surface area (Å²) in [5.41, 5.74) is 0. The zero-order valence-electron chi connectivity index (χ0n) is 13.0. The fourth-order valence-electron chi connectivity index (χ4n) is 4.21. The Kier molecular flexibility index (Phi) is 4.03. The van der Waals surface area contributed by atoms with Gasteiger partial charge in [-0.2, -0.15) is 4.31 Å². The SMILES string of the molecule is CC1CCC(C(=O)N2CC[C@H]3CN(S(C)(=O)=O)C[C@H]32)CC1. The molecule has 0 aromatic rings. The lowest BCUT2D eigenvalue weighted by Crippen LogP contribution is -2.44. The molecule has 0 N–H and O–H groups in total. The molecule has 3 aliphatic rings. The van der Waals surface area contributed by atoms with Crippen LogP contribution in [0.25, 0.3) is 0 Å². The van der Waals surface area contributed by atoms with E-state index < -0.39 is 10.0 Å². The van der Waals surface area contributed by atoms with E-state index in [0.29, 0.717) is 19.0 Å². The third-order valence-electron chi connectivity index (χ3n) is 5.63. The number of carbonyl (C=O) groups excluding carboxylic acids is 1. The molecule has 21 heavy (non-hydrogen) atoms. The summed E-state index contributed by atoms with van der Waals surface area (Å²) < 4.78 is 24.9. The molecule has 0 aromatic carbocycles. The Morgan fingerprint density at radius 1 is 1.05 bits per heavy atom. The highest BCUT2D eigenvalue weighted by molar-refractivity contribution is 7.88. The first kappa shape index (κ1) is 15.3. The van der Waals surface area contributed by atoms with Crippen LogP contribution >= 0.6 is 0 Å². The van der Waals surface area contributed by atoms with Crippen molar-refractivity contribution in [3.63, 3.8) is 0 Å². The molecule has 120 valence electrons. The van der Waals surface area contributed by atoms with E-state index in [4.69, 9.17) is 0 Å². The number of fused-ring (bicyclic) bond motifs is 1. The minimum atomic E-state index is -3.13. The van der Waals surface area contributed by atoms with E-state index in [2.05, 4.69) is 6.92 Å². The summed E-state index contributed by atoms with van der Waals surface area (Å²) in [5.74, 6) is 1.54. The minimum absolute atomic E-state index is 0.117. The molecule has 1 amide bonds. The van der Waals surface area contributed by atoms with Gasteiger partial charge in [0, 0.05) is 31.6 Å². The number of carbonyl (C=O) groups is 1. The number of hydrogen-bond donors (Lipinski definition) is 0. The molecule has 5 nitrogen and oxygen atoms in total. The van der Waals surface area contributed by atoms with E-state index in [-0.39, 0.29) is 17.9 Å². The lowest BCUT2D eigenvalue weighted by molar-refractivity contribution is -0.137. The van der Waals surface area contributed by atoms with Crippen molar-refractivity contribution in [2.75, 3.05) is 25.9 Å². The zero-order valence-corrected chi connectivity index (χ0v) is 13.8. The summed E-state index contributed by atoms with van der Waals surface area (Å²) in [4.78, 5) is 14.8. The van der Waals surface area contributed by atoms with Gasteiger partial charge in [-0.25, -0.2) is 8.42 Å². The zero-order chi connectivity index (χ0) is 15.2. The van der Waals surface area contributed by atoms with Crippen LogP contribution in [0.3, 0.4) is 0 Å². The van der Waals surface area contributed by atoms with Crippen LogP contribution in [-0.4, -0.2) is 55.5 Å². The van der Waals surface area contributed by atoms with E-state index in [1.165, 1.54) is 6.26 Å². The number of hydrogen-bond acceptors (Lipinski definition) is 3. The van der Waals surface area contributed by atoms with Crippen LogP contribution in [0.4, 0.5) is 0 Å². The first-order chi connectivity index (χ1) is 9.86. The summed E-state index contributed by atoms with van der Waals surface area (Å²) in [6.45, 7) is 4.17. The molecule has 3 rings (SSSR count). The van der Waals surface area contributed by atoms with Crippen molar-refractivity contribution in [2.24, 2.45) is 17.8 Å². The average Bonchev–Trinajstić information content (AvgIpc) is 2.97. The predicted molar refractivity (Wildman–Crippen MR) is 81.1 cm³/mol. The van der Waals surface area contributed by atoms with Crippen LogP contribution in [0.2, 0.25) is 0 Å². The molecule has 3 fully saturated rings. The van der Waals surface area contributed by atoms with Gasteiger partial charge in [0.2, 0.25) is 15.9 Å². The second kappa shape index (κ2) is 5.54. The Bertz CT molecular complexity index is 511. The van der Waals surface area contributed by atoms with E-state index in [0.717, 1.165) is 44.6 Å². The molecule has 0 unspecified atom stereocenters. The van der Waals surface area contributed by atoms with Crippen molar-refractivity contribution < 1.29 is 13.2 Å². The Balaban J connectivity index is 1.66. The number of nitrogens with zero attached hydrogens (tertiary/aromatic N) is 2. The smallest absolute Gasteiger partial charge is 0.225 e. The van der Waals surface area contributed by atoms with Crippen LogP contribution in [-0.2, 0) is 14.8 Å². The van der Waals surface area contributed by atoms with E-state index in [9.17, 15) is 13.2 Å². The number of rotatable bonds is 2. The summed E-state index contributed by atoms with van der Waals surface area (Å²) in [6.07, 6.45) is 6.52. The number of likely N-dealkylation sites (tertiary alicyclic amines) is 1. The molecule has 2 aliphatic heterocycles. The molecule has 0 radical (unpaired) electrons. The monoisotopic (exact) mass is 314 g/mol. The van der Waals surface area contributed by atoms with Crippen LogP contribution in [0.1, 0.15) is 39.0 Å². The minimum Gasteiger partial charge on any atom is -0.338 e. The van der Waals surface area contributed by atoms with Crippen molar-refractivity contribution in [3.05, 3.63) is 0 Å². The quantitative estimate of drug-likeness (QED) is 0.772. The molecular weight excluding hydrogens is 288 g/mol. The van der Waals surface area contributed by atoms with Crippen molar-refractivity contribution in [3.8, 4) is 0 Å². The second-order valence-electron chi connectivity index (χ2n) is 7.18. The second-order valence-corrected chi connectivity index (χ2v) is 9.17. The maximum atomic E-state index is 12.8. The highest BCUT2D eigenvalue weighted by atomic mass is 32.2. The molecule has 1 saturated carbocycles. The van der Waals surface area contributed by atoms with Crippen LogP contribution in [0.5, 0.6) is 0 Å². The molecule has 2 atom stereocenters. The van der Waals surface area contributed by atoms with Gasteiger partial charge >= 0.3 is 0 Å². The molecule has 1 aliphatic carbocycles. The van der Waals surface area contributed by atoms with Crippen LogP contribution in [0.15, 0.2) is 0 Å². The standard InChI is InChI=1S/C15H26N2O3S/c1-11-3-5-12(6-4-11)15(18)17-8-7-13-9-16(10-14(13)17)21(2,19)20/h11-14H,3-10H2,1-2H3/t11?,12?,13-,14+/m0/s1. The summed E-state index contributed by atoms with van der Waals surface area (Å²) in [5, 5.41) is 0. The van der Waals surface area contributed by atoms with Gasteiger partial charge in [0.05, 0.1) is 6.26 Å². The van der Waals surface area contributed by atoms with Crippen LogP contribution < -0.4 is 0 Å². The van der Waals surface area contributed by atoms with Crippen molar-refractivity contribution in [2.45, 2.75) is 45.1 Å². The van der Waals surface area contributed by atoms with Gasteiger partial charge in [0.1, 0.15) is 0 Å². The van der Waals surface area contributed by atoms with E-state index >= 15 is 0 Å². The third kappa shape index (κ3) is 2.97. The van der Waals surface area contributed by atoms with Gasteiger partial charge in [0.25, 0.3) is 0 Å². The van der Waals surface area contributed by atoms with E-state index in [1.807, 2.05) is 4.90 Å². The van der Waals surface area contributed by atoms with Gasteiger partial charge in [0.15, 0.2) is 0 Å².